The number of rotatable bonds is 6. The zero-order valence-corrected chi connectivity index (χ0v) is 14.0. The van der Waals surface area contributed by atoms with E-state index >= 15 is 0 Å². The van der Waals surface area contributed by atoms with Crippen molar-refractivity contribution in [2.45, 2.75) is 44.3 Å². The number of carbonyl (C=O) groups excluding carboxylic acids is 1. The smallest absolute Gasteiger partial charge is 0.250 e. The van der Waals surface area contributed by atoms with Gasteiger partial charge in [-0.05, 0) is 43.4 Å². The van der Waals surface area contributed by atoms with E-state index in [9.17, 15) is 4.79 Å². The molecule has 0 unspecified atom stereocenters. The minimum Gasteiger partial charge on any atom is -0.497 e. The number of benzene rings is 1. The van der Waals surface area contributed by atoms with Crippen molar-refractivity contribution >= 4 is 23.4 Å². The number of nitrogens with zero attached hydrogens (tertiary/aromatic N) is 1. The first-order chi connectivity index (χ1) is 10.8. The molecule has 0 bridgehead atoms. The molecule has 5 heteroatoms. The Kier molecular flexibility index (Phi) is 7.30. The van der Waals surface area contributed by atoms with Gasteiger partial charge >= 0.3 is 0 Å². The first-order valence-electron chi connectivity index (χ1n) is 7.83. The molecule has 0 aromatic heterocycles. The van der Waals surface area contributed by atoms with Gasteiger partial charge in [-0.1, -0.05) is 25.0 Å². The number of carbonyl (C=O) groups is 1. The summed E-state index contributed by atoms with van der Waals surface area (Å²) < 4.78 is 5.12. The van der Waals surface area contributed by atoms with Crippen LogP contribution in [0.4, 0.5) is 0 Å². The Morgan fingerprint density at radius 3 is 2.50 bits per heavy atom. The van der Waals surface area contributed by atoms with Gasteiger partial charge in [-0.25, -0.2) is 5.43 Å². The predicted molar refractivity (Wildman–Crippen MR) is 92.4 cm³/mol. The second-order valence-corrected chi connectivity index (χ2v) is 6.45. The molecule has 0 spiro atoms. The van der Waals surface area contributed by atoms with E-state index in [1.165, 1.54) is 31.2 Å². The zero-order valence-electron chi connectivity index (χ0n) is 13.1. The summed E-state index contributed by atoms with van der Waals surface area (Å²) in [6.07, 6.45) is 7.01. The molecule has 0 aliphatic heterocycles. The molecule has 1 aliphatic carbocycles. The Labute approximate surface area is 136 Å². The largest absolute Gasteiger partial charge is 0.497 e. The number of ether oxygens (including phenoxy) is 1. The predicted octanol–water partition coefficient (Wildman–Crippen LogP) is 3.75. The lowest BCUT2D eigenvalue weighted by Crippen LogP contribution is -2.21. The van der Waals surface area contributed by atoms with Crippen molar-refractivity contribution in [3.05, 3.63) is 29.8 Å². The standard InChI is InChI=1S/C17H24N2O2S/c1-21-16-10-8-14(9-11-16)12-22-13-17(20)19-18-15-6-4-2-3-5-7-15/h8-11H,2-7,12-13H2,1H3,(H,19,20). The van der Waals surface area contributed by atoms with Crippen molar-refractivity contribution in [1.29, 1.82) is 0 Å². The van der Waals surface area contributed by atoms with Gasteiger partial charge in [0.15, 0.2) is 0 Å². The molecule has 0 saturated heterocycles. The Morgan fingerprint density at radius 2 is 1.86 bits per heavy atom. The molecule has 120 valence electrons. The second-order valence-electron chi connectivity index (χ2n) is 5.47. The maximum absolute atomic E-state index is 11.8. The van der Waals surface area contributed by atoms with Gasteiger partial charge in [-0.3, -0.25) is 4.79 Å². The van der Waals surface area contributed by atoms with E-state index in [1.807, 2.05) is 24.3 Å². The molecule has 0 heterocycles. The van der Waals surface area contributed by atoms with Crippen LogP contribution in [-0.2, 0) is 10.5 Å². The number of hydrogen-bond acceptors (Lipinski definition) is 4. The lowest BCUT2D eigenvalue weighted by molar-refractivity contribution is -0.118. The molecule has 2 rings (SSSR count). The number of hydrazone groups is 1. The van der Waals surface area contributed by atoms with Crippen molar-refractivity contribution in [3.8, 4) is 5.75 Å². The van der Waals surface area contributed by atoms with Gasteiger partial charge in [-0.2, -0.15) is 5.10 Å². The third kappa shape index (κ3) is 6.10. The summed E-state index contributed by atoms with van der Waals surface area (Å²) in [7, 11) is 1.66. The van der Waals surface area contributed by atoms with E-state index in [1.54, 1.807) is 18.9 Å². The fourth-order valence-electron chi connectivity index (χ4n) is 2.41. The van der Waals surface area contributed by atoms with Gasteiger partial charge in [-0.15, -0.1) is 11.8 Å². The summed E-state index contributed by atoms with van der Waals surface area (Å²) in [6, 6.07) is 7.92. The highest BCUT2D eigenvalue weighted by atomic mass is 32.2. The third-order valence-electron chi connectivity index (χ3n) is 3.68. The van der Waals surface area contributed by atoms with Crippen LogP contribution in [0.1, 0.15) is 44.1 Å². The van der Waals surface area contributed by atoms with Crippen molar-refractivity contribution in [2.75, 3.05) is 12.9 Å². The van der Waals surface area contributed by atoms with Crippen LogP contribution in [0.5, 0.6) is 5.75 Å². The average molecular weight is 320 g/mol. The molecule has 1 N–H and O–H groups in total. The maximum atomic E-state index is 11.8. The summed E-state index contributed by atoms with van der Waals surface area (Å²) in [5, 5.41) is 4.28. The fraction of sp³-hybridized carbons (Fsp3) is 0.529. The van der Waals surface area contributed by atoms with Crippen LogP contribution in [0.25, 0.3) is 0 Å². The van der Waals surface area contributed by atoms with Crippen molar-refractivity contribution < 1.29 is 9.53 Å². The number of thioether (sulfide) groups is 1. The topological polar surface area (TPSA) is 50.7 Å². The molecule has 1 aromatic carbocycles. The number of hydrogen-bond donors (Lipinski definition) is 1. The van der Waals surface area contributed by atoms with Crippen molar-refractivity contribution in [1.82, 2.24) is 5.43 Å². The molecule has 4 nitrogen and oxygen atoms in total. The Bertz CT molecular complexity index is 490. The highest BCUT2D eigenvalue weighted by molar-refractivity contribution is 7.99. The highest BCUT2D eigenvalue weighted by Gasteiger charge is 2.07. The van der Waals surface area contributed by atoms with Crippen molar-refractivity contribution in [2.24, 2.45) is 5.10 Å². The Hall–Kier alpha value is -1.49. The van der Waals surface area contributed by atoms with E-state index in [0.717, 1.165) is 30.1 Å². The SMILES string of the molecule is COc1ccc(CSCC(=O)NN=C2CCCCCC2)cc1. The fourth-order valence-corrected chi connectivity index (χ4v) is 3.19. The highest BCUT2D eigenvalue weighted by Crippen LogP contribution is 2.17. The van der Waals surface area contributed by atoms with Gasteiger partial charge in [0.05, 0.1) is 12.9 Å². The number of nitrogens with one attached hydrogen (secondary N) is 1. The second kappa shape index (κ2) is 9.51. The monoisotopic (exact) mass is 320 g/mol. The van der Waals surface area contributed by atoms with E-state index < -0.39 is 0 Å². The summed E-state index contributed by atoms with van der Waals surface area (Å²) >= 11 is 1.60. The van der Waals surface area contributed by atoms with Crippen LogP contribution in [0.2, 0.25) is 0 Å². The number of methoxy groups -OCH3 is 1. The first-order valence-corrected chi connectivity index (χ1v) is 8.98. The molecule has 1 amide bonds. The number of amides is 1. The summed E-state index contributed by atoms with van der Waals surface area (Å²) in [5.41, 5.74) is 5.03. The van der Waals surface area contributed by atoms with Gasteiger partial charge < -0.3 is 4.74 Å². The molecular weight excluding hydrogens is 296 g/mol. The summed E-state index contributed by atoms with van der Waals surface area (Å²) in [4.78, 5) is 11.8. The van der Waals surface area contributed by atoms with Crippen LogP contribution in [-0.4, -0.2) is 24.5 Å². The Morgan fingerprint density at radius 1 is 1.18 bits per heavy atom. The van der Waals surface area contributed by atoms with Gasteiger partial charge in [0.1, 0.15) is 5.75 Å². The minimum absolute atomic E-state index is 0.0183. The Balaban J connectivity index is 1.67. The molecule has 1 saturated carbocycles. The quantitative estimate of drug-likeness (QED) is 0.641. The lowest BCUT2D eigenvalue weighted by atomic mass is 10.2. The van der Waals surface area contributed by atoms with Crippen LogP contribution in [0, 0.1) is 0 Å². The summed E-state index contributed by atoms with van der Waals surface area (Å²) in [6.45, 7) is 0. The van der Waals surface area contributed by atoms with E-state index in [-0.39, 0.29) is 5.91 Å². The molecule has 1 fully saturated rings. The molecule has 0 radical (unpaired) electrons. The lowest BCUT2D eigenvalue weighted by Gasteiger charge is -2.05. The molecule has 1 aromatic rings. The van der Waals surface area contributed by atoms with Crippen LogP contribution in [0.3, 0.4) is 0 Å². The molecular formula is C17H24N2O2S. The zero-order chi connectivity index (χ0) is 15.6. The first kappa shape index (κ1) is 16.9. The van der Waals surface area contributed by atoms with Crippen molar-refractivity contribution in [3.63, 3.8) is 0 Å². The van der Waals surface area contributed by atoms with Crippen LogP contribution in [0.15, 0.2) is 29.4 Å². The van der Waals surface area contributed by atoms with E-state index in [0.29, 0.717) is 5.75 Å². The maximum Gasteiger partial charge on any atom is 0.250 e. The van der Waals surface area contributed by atoms with Gasteiger partial charge in [0.2, 0.25) is 5.91 Å². The van der Waals surface area contributed by atoms with E-state index in [4.69, 9.17) is 4.74 Å². The molecule has 1 aliphatic rings. The van der Waals surface area contributed by atoms with Gasteiger partial charge in [0, 0.05) is 11.5 Å². The van der Waals surface area contributed by atoms with Crippen LogP contribution < -0.4 is 10.2 Å². The minimum atomic E-state index is -0.0183. The molecule has 0 atom stereocenters. The third-order valence-corrected chi connectivity index (χ3v) is 4.68. The van der Waals surface area contributed by atoms with E-state index in [2.05, 4.69) is 10.5 Å². The average Bonchev–Trinajstić information content (AvgIpc) is 2.82. The van der Waals surface area contributed by atoms with Gasteiger partial charge in [0.25, 0.3) is 0 Å². The summed E-state index contributed by atoms with van der Waals surface area (Å²) in [5.74, 6) is 2.08. The van der Waals surface area contributed by atoms with Crippen LogP contribution >= 0.6 is 11.8 Å². The molecule has 22 heavy (non-hydrogen) atoms. The normalized spacial score (nSPS) is 15.0.